The number of rotatable bonds is 7. The van der Waals surface area contributed by atoms with Crippen LogP contribution in [0.1, 0.15) is 5.69 Å². The Balaban J connectivity index is 1.82. The summed E-state index contributed by atoms with van der Waals surface area (Å²) in [6, 6.07) is 8.91. The van der Waals surface area contributed by atoms with Crippen LogP contribution in [-0.2, 0) is 11.3 Å². The Bertz CT molecular complexity index is 589. The number of thiazole rings is 1. The Morgan fingerprint density at radius 1 is 1.36 bits per heavy atom. The first-order valence-electron chi connectivity index (χ1n) is 6.83. The molecule has 118 valence electrons. The van der Waals surface area contributed by atoms with Crippen molar-refractivity contribution in [2.75, 3.05) is 32.6 Å². The van der Waals surface area contributed by atoms with Crippen molar-refractivity contribution in [2.24, 2.45) is 0 Å². The van der Waals surface area contributed by atoms with Gasteiger partial charge in [-0.1, -0.05) is 18.2 Å². The molecule has 7 heteroatoms. The fourth-order valence-electron chi connectivity index (χ4n) is 1.75. The summed E-state index contributed by atoms with van der Waals surface area (Å²) in [4.78, 5) is 18.2. The molecule has 0 spiro atoms. The molecule has 0 aliphatic rings. The maximum Gasteiger partial charge on any atom is 0.418 e. The first-order valence-corrected chi connectivity index (χ1v) is 7.71. The van der Waals surface area contributed by atoms with Gasteiger partial charge in [-0.3, -0.25) is 10.2 Å². The molecule has 1 aromatic heterocycles. The number of aromatic nitrogens is 1. The van der Waals surface area contributed by atoms with E-state index in [9.17, 15) is 4.79 Å². The third kappa shape index (κ3) is 5.44. The van der Waals surface area contributed by atoms with E-state index in [2.05, 4.69) is 15.2 Å². The number of carbonyl (C=O) groups excluding carboxylic acids is 1. The molecule has 0 radical (unpaired) electrons. The fourth-order valence-corrected chi connectivity index (χ4v) is 2.44. The van der Waals surface area contributed by atoms with E-state index in [0.29, 0.717) is 24.0 Å². The normalized spacial score (nSPS) is 10.7. The summed E-state index contributed by atoms with van der Waals surface area (Å²) in [6.07, 6.45) is -0.542. The third-order valence-electron chi connectivity index (χ3n) is 2.82. The lowest BCUT2D eigenvalue weighted by Gasteiger charge is -2.13. The largest absolute Gasteiger partial charge is 0.418 e. The second-order valence-corrected chi connectivity index (χ2v) is 5.56. The maximum absolute atomic E-state index is 11.8. The number of nitrogens with zero attached hydrogens (tertiary/aromatic N) is 2. The molecular weight excluding hydrogens is 302 g/mol. The molecule has 1 heterocycles. The maximum atomic E-state index is 11.8. The zero-order valence-electron chi connectivity index (χ0n) is 12.6. The first-order chi connectivity index (χ1) is 10.7. The van der Waals surface area contributed by atoms with E-state index in [-0.39, 0.29) is 0 Å². The van der Waals surface area contributed by atoms with Gasteiger partial charge in [0.05, 0.1) is 12.3 Å². The topological polar surface area (TPSA) is 63.7 Å². The Morgan fingerprint density at radius 2 is 2.14 bits per heavy atom. The van der Waals surface area contributed by atoms with Gasteiger partial charge in [-0.05, 0) is 19.2 Å². The van der Waals surface area contributed by atoms with Crippen molar-refractivity contribution in [3.63, 3.8) is 0 Å². The molecule has 0 aliphatic heterocycles. The molecule has 1 N–H and O–H groups in total. The van der Waals surface area contributed by atoms with Gasteiger partial charge < -0.3 is 9.47 Å². The average molecular weight is 321 g/mol. The monoisotopic (exact) mass is 321 g/mol. The Hall–Kier alpha value is -1.96. The van der Waals surface area contributed by atoms with Crippen molar-refractivity contribution >= 4 is 22.6 Å². The molecule has 2 aromatic rings. The summed E-state index contributed by atoms with van der Waals surface area (Å²) >= 11 is 1.37. The molecule has 0 atom stereocenters. The predicted molar refractivity (Wildman–Crippen MR) is 86.4 cm³/mol. The molecule has 0 bridgehead atoms. The number of benzene rings is 1. The number of nitrogens with one attached hydrogen (secondary N) is 1. The van der Waals surface area contributed by atoms with Crippen LogP contribution in [0.4, 0.5) is 9.93 Å². The molecule has 22 heavy (non-hydrogen) atoms. The summed E-state index contributed by atoms with van der Waals surface area (Å²) in [5.41, 5.74) is 0.901. The minimum atomic E-state index is -0.542. The number of amides is 1. The van der Waals surface area contributed by atoms with Gasteiger partial charge in [0.2, 0.25) is 0 Å². The van der Waals surface area contributed by atoms with Crippen molar-refractivity contribution in [3.8, 4) is 5.75 Å². The number of methoxy groups -OCH3 is 1. The minimum Gasteiger partial charge on any atom is -0.410 e. The van der Waals surface area contributed by atoms with Gasteiger partial charge in [-0.15, -0.1) is 11.3 Å². The van der Waals surface area contributed by atoms with Gasteiger partial charge in [-0.2, -0.15) is 0 Å². The van der Waals surface area contributed by atoms with Crippen LogP contribution in [0.25, 0.3) is 0 Å². The van der Waals surface area contributed by atoms with Crippen molar-refractivity contribution < 1.29 is 14.3 Å². The predicted octanol–water partition coefficient (Wildman–Crippen LogP) is 2.83. The number of hydrogen-bond acceptors (Lipinski definition) is 6. The highest BCUT2D eigenvalue weighted by atomic mass is 32.1. The second kappa shape index (κ2) is 8.47. The first kappa shape index (κ1) is 16.4. The van der Waals surface area contributed by atoms with E-state index >= 15 is 0 Å². The van der Waals surface area contributed by atoms with Crippen LogP contribution < -0.4 is 10.1 Å². The standard InChI is InChI=1S/C15H19N3O3S/c1-18(8-9-20-2)10-12-11-22-14(16-12)17-15(19)21-13-6-4-3-5-7-13/h3-7,11H,8-10H2,1-2H3,(H,16,17,19). The summed E-state index contributed by atoms with van der Waals surface area (Å²) < 4.78 is 10.2. The highest BCUT2D eigenvalue weighted by Gasteiger charge is 2.09. The molecule has 1 amide bonds. The van der Waals surface area contributed by atoms with Crippen LogP contribution in [-0.4, -0.2) is 43.3 Å². The number of para-hydroxylation sites is 1. The van der Waals surface area contributed by atoms with Crippen LogP contribution >= 0.6 is 11.3 Å². The molecule has 0 unspecified atom stereocenters. The number of carbonyl (C=O) groups is 1. The summed E-state index contributed by atoms with van der Waals surface area (Å²) in [6.45, 7) is 2.21. The van der Waals surface area contributed by atoms with E-state index < -0.39 is 6.09 Å². The Labute approximate surface area is 133 Å². The zero-order chi connectivity index (χ0) is 15.8. The lowest BCUT2D eigenvalue weighted by Crippen LogP contribution is -2.22. The van der Waals surface area contributed by atoms with Crippen molar-refractivity contribution in [3.05, 3.63) is 41.4 Å². The van der Waals surface area contributed by atoms with Gasteiger partial charge in [0, 0.05) is 25.6 Å². The van der Waals surface area contributed by atoms with Gasteiger partial charge in [0.25, 0.3) is 0 Å². The van der Waals surface area contributed by atoms with Crippen molar-refractivity contribution in [1.82, 2.24) is 9.88 Å². The van der Waals surface area contributed by atoms with Crippen molar-refractivity contribution in [1.29, 1.82) is 0 Å². The lowest BCUT2D eigenvalue weighted by atomic mass is 10.3. The van der Waals surface area contributed by atoms with Gasteiger partial charge in [-0.25, -0.2) is 9.78 Å². The smallest absolute Gasteiger partial charge is 0.410 e. The molecule has 0 saturated heterocycles. The average Bonchev–Trinajstić information content (AvgIpc) is 2.93. The molecule has 6 nitrogen and oxygen atoms in total. The highest BCUT2D eigenvalue weighted by molar-refractivity contribution is 7.13. The van der Waals surface area contributed by atoms with Crippen molar-refractivity contribution in [2.45, 2.75) is 6.54 Å². The van der Waals surface area contributed by atoms with E-state index in [1.165, 1.54) is 11.3 Å². The number of likely N-dealkylation sites (N-methyl/N-ethyl adjacent to an activating group) is 1. The highest BCUT2D eigenvalue weighted by Crippen LogP contribution is 2.17. The molecule has 1 aromatic carbocycles. The molecular formula is C15H19N3O3S. The van der Waals surface area contributed by atoms with E-state index in [0.717, 1.165) is 12.2 Å². The van der Waals surface area contributed by atoms with Crippen LogP contribution in [0, 0.1) is 0 Å². The fraction of sp³-hybridized carbons (Fsp3) is 0.333. The second-order valence-electron chi connectivity index (χ2n) is 4.70. The van der Waals surface area contributed by atoms with Gasteiger partial charge in [0.15, 0.2) is 5.13 Å². The van der Waals surface area contributed by atoms with E-state index in [4.69, 9.17) is 9.47 Å². The number of ether oxygens (including phenoxy) is 2. The lowest BCUT2D eigenvalue weighted by molar-refractivity contribution is 0.158. The molecule has 0 saturated carbocycles. The zero-order valence-corrected chi connectivity index (χ0v) is 13.4. The number of anilines is 1. The van der Waals surface area contributed by atoms with Crippen LogP contribution in [0.15, 0.2) is 35.7 Å². The summed E-state index contributed by atoms with van der Waals surface area (Å²) in [7, 11) is 3.67. The molecule has 0 fully saturated rings. The molecule has 2 rings (SSSR count). The van der Waals surface area contributed by atoms with Crippen LogP contribution in [0.2, 0.25) is 0 Å². The quantitative estimate of drug-likeness (QED) is 0.849. The van der Waals surface area contributed by atoms with Crippen LogP contribution in [0.5, 0.6) is 5.75 Å². The van der Waals surface area contributed by atoms with Crippen LogP contribution in [0.3, 0.4) is 0 Å². The van der Waals surface area contributed by atoms with E-state index in [1.54, 1.807) is 31.4 Å². The summed E-state index contributed by atoms with van der Waals surface area (Å²) in [5, 5.41) is 5.07. The minimum absolute atomic E-state index is 0.496. The van der Waals surface area contributed by atoms with Gasteiger partial charge in [0.1, 0.15) is 5.75 Å². The van der Waals surface area contributed by atoms with E-state index in [1.807, 2.05) is 18.5 Å². The SMILES string of the molecule is COCCN(C)Cc1csc(NC(=O)Oc2ccccc2)n1. The molecule has 0 aliphatic carbocycles. The Kier molecular flexibility index (Phi) is 6.32. The Morgan fingerprint density at radius 3 is 2.86 bits per heavy atom. The van der Waals surface area contributed by atoms with Gasteiger partial charge >= 0.3 is 6.09 Å². The number of hydrogen-bond donors (Lipinski definition) is 1. The third-order valence-corrected chi connectivity index (χ3v) is 3.63. The summed E-state index contributed by atoms with van der Waals surface area (Å²) in [5.74, 6) is 0.496.